The molecule has 0 amide bonds. The van der Waals surface area contributed by atoms with Gasteiger partial charge in [0.15, 0.2) is 0 Å². The van der Waals surface area contributed by atoms with Crippen LogP contribution in [0.3, 0.4) is 0 Å². The molecule has 2 aliphatic rings. The zero-order valence-electron chi connectivity index (χ0n) is 17.5. The van der Waals surface area contributed by atoms with Gasteiger partial charge in [-0.05, 0) is 60.3 Å². The lowest BCUT2D eigenvalue weighted by Gasteiger charge is -2.31. The summed E-state index contributed by atoms with van der Waals surface area (Å²) in [4.78, 5) is 0. The predicted octanol–water partition coefficient (Wildman–Crippen LogP) is 4.99. The molecule has 2 aliphatic carbocycles. The number of rotatable bonds is 4. The molecular formula is C21H41ClN4OS. The smallest absolute Gasteiger partial charge is 0.0973 e. The van der Waals surface area contributed by atoms with Gasteiger partial charge in [0.25, 0.3) is 0 Å². The molecule has 0 bridgehead atoms. The Balaban J connectivity index is 0. The average molecular weight is 433 g/mol. The molecular weight excluding hydrogens is 392 g/mol. The standard InChI is InChI=1S/C12H22N2OS.C8H14N2.CH4.ClH/c1-10(14-16(15)11(2,3)4)12(9-13)7-5-6-8-12;1-7(10)8(6-9)4-2-3-5-8;;/h10,14H,5-8H2,1-4H3;7H,2-5,10H2,1H3;1H4;1H/t10-,16+;7-;;/m11../s1. The largest absolute Gasteiger partial charge is 0.327 e. The van der Waals surface area contributed by atoms with Gasteiger partial charge in [-0.3, -0.25) is 0 Å². The van der Waals surface area contributed by atoms with E-state index in [0.717, 1.165) is 38.5 Å². The summed E-state index contributed by atoms with van der Waals surface area (Å²) in [7, 11) is -1.09. The molecule has 0 radical (unpaired) electrons. The third-order valence-corrected chi connectivity index (χ3v) is 7.66. The van der Waals surface area contributed by atoms with Gasteiger partial charge in [0.1, 0.15) is 0 Å². The van der Waals surface area contributed by atoms with Gasteiger partial charge in [0.05, 0.1) is 38.7 Å². The predicted molar refractivity (Wildman–Crippen MR) is 121 cm³/mol. The topological polar surface area (TPSA) is 103 Å². The third kappa shape index (κ3) is 7.30. The molecule has 0 aromatic heterocycles. The summed E-state index contributed by atoms with van der Waals surface area (Å²) in [6.45, 7) is 9.75. The van der Waals surface area contributed by atoms with Gasteiger partial charge in [-0.1, -0.05) is 33.1 Å². The highest BCUT2D eigenvalue weighted by atomic mass is 35.5. The Bertz CT molecular complexity index is 562. The molecule has 3 atom stereocenters. The second-order valence-corrected chi connectivity index (χ2v) is 11.0. The normalized spacial score (nSPS) is 22.7. The number of nitrogens with one attached hydrogen (secondary N) is 1. The number of nitrogens with zero attached hydrogens (tertiary/aromatic N) is 2. The van der Waals surface area contributed by atoms with Gasteiger partial charge in [-0.15, -0.1) is 12.4 Å². The highest BCUT2D eigenvalue weighted by Crippen LogP contribution is 2.41. The SMILES string of the molecule is C.C[C@@H](N)C1(C#N)CCCC1.C[C@@H](N[S@@](=O)C(C)(C)C)C1(C#N)CCCC1.Cl. The summed E-state index contributed by atoms with van der Waals surface area (Å²) in [6.07, 6.45) is 8.44. The van der Waals surface area contributed by atoms with E-state index in [1.54, 1.807) is 0 Å². The second kappa shape index (κ2) is 12.1. The van der Waals surface area contributed by atoms with Crippen LogP contribution in [0, 0.1) is 33.5 Å². The number of nitrogens with two attached hydrogens (primary N) is 1. The summed E-state index contributed by atoms with van der Waals surface area (Å²) in [6, 6.07) is 4.83. The van der Waals surface area contributed by atoms with Gasteiger partial charge >= 0.3 is 0 Å². The van der Waals surface area contributed by atoms with E-state index in [-0.39, 0.29) is 47.5 Å². The van der Waals surface area contributed by atoms with Crippen molar-refractivity contribution in [1.82, 2.24) is 4.72 Å². The van der Waals surface area contributed by atoms with Crippen LogP contribution < -0.4 is 10.5 Å². The molecule has 0 heterocycles. The minimum Gasteiger partial charge on any atom is -0.327 e. The summed E-state index contributed by atoms with van der Waals surface area (Å²) in [5.41, 5.74) is 5.24. The molecule has 2 saturated carbocycles. The van der Waals surface area contributed by atoms with Crippen LogP contribution in [0.4, 0.5) is 0 Å². The van der Waals surface area contributed by atoms with Gasteiger partial charge in [0, 0.05) is 12.1 Å². The minimum absolute atomic E-state index is 0. The molecule has 0 unspecified atom stereocenters. The van der Waals surface area contributed by atoms with E-state index in [2.05, 4.69) is 16.9 Å². The highest BCUT2D eigenvalue weighted by molar-refractivity contribution is 7.84. The van der Waals surface area contributed by atoms with Crippen molar-refractivity contribution in [2.24, 2.45) is 16.6 Å². The Morgan fingerprint density at radius 2 is 1.32 bits per heavy atom. The van der Waals surface area contributed by atoms with Crippen molar-refractivity contribution in [3.8, 4) is 12.1 Å². The highest BCUT2D eigenvalue weighted by Gasteiger charge is 2.41. The minimum atomic E-state index is -1.09. The van der Waals surface area contributed by atoms with Crippen LogP contribution in [-0.4, -0.2) is 21.0 Å². The zero-order chi connectivity index (χ0) is 20.0. The zero-order valence-corrected chi connectivity index (χ0v) is 19.1. The van der Waals surface area contributed by atoms with Crippen molar-refractivity contribution in [3.05, 3.63) is 0 Å². The molecule has 2 rings (SSSR count). The van der Waals surface area contributed by atoms with Crippen molar-refractivity contribution in [2.45, 2.75) is 110 Å². The summed E-state index contributed by atoms with van der Waals surface area (Å²) >= 11 is 0. The first-order valence-corrected chi connectivity index (χ1v) is 10.9. The Hall–Kier alpha value is -0.660. The van der Waals surface area contributed by atoms with Crippen LogP contribution in [0.2, 0.25) is 0 Å². The van der Waals surface area contributed by atoms with Gasteiger partial charge in [-0.2, -0.15) is 10.5 Å². The maximum Gasteiger partial charge on any atom is 0.0973 e. The molecule has 0 aromatic rings. The van der Waals surface area contributed by atoms with Crippen LogP contribution >= 0.6 is 12.4 Å². The fourth-order valence-electron chi connectivity index (χ4n) is 3.77. The first-order chi connectivity index (χ1) is 12.0. The number of hydrogen-bond acceptors (Lipinski definition) is 4. The van der Waals surface area contributed by atoms with Gasteiger partial charge in [-0.25, -0.2) is 8.93 Å². The number of nitriles is 2. The van der Waals surface area contributed by atoms with Crippen molar-refractivity contribution in [2.75, 3.05) is 0 Å². The molecule has 5 nitrogen and oxygen atoms in total. The average Bonchev–Trinajstić information content (AvgIpc) is 3.25. The Labute approximate surface area is 181 Å². The molecule has 164 valence electrons. The quantitative estimate of drug-likeness (QED) is 0.653. The third-order valence-electron chi connectivity index (χ3n) is 5.98. The van der Waals surface area contributed by atoms with E-state index in [0.29, 0.717) is 0 Å². The van der Waals surface area contributed by atoms with Crippen LogP contribution in [0.1, 0.15) is 93.4 Å². The molecule has 0 spiro atoms. The summed E-state index contributed by atoms with van der Waals surface area (Å²) in [5, 5.41) is 18.2. The van der Waals surface area contributed by atoms with E-state index in [1.165, 1.54) is 12.8 Å². The fourth-order valence-corrected chi connectivity index (χ4v) is 4.67. The van der Waals surface area contributed by atoms with Gasteiger partial charge in [0.2, 0.25) is 0 Å². The van der Waals surface area contributed by atoms with E-state index in [9.17, 15) is 9.47 Å². The molecule has 3 N–H and O–H groups in total. The Kier molecular flexibility index (Phi) is 12.8. The maximum atomic E-state index is 12.0. The first-order valence-electron chi connectivity index (χ1n) is 9.79. The van der Waals surface area contributed by atoms with Crippen molar-refractivity contribution in [1.29, 1.82) is 10.5 Å². The van der Waals surface area contributed by atoms with E-state index in [1.807, 2.05) is 34.6 Å². The molecule has 28 heavy (non-hydrogen) atoms. The lowest BCUT2D eigenvalue weighted by Crippen LogP contribution is -2.46. The van der Waals surface area contributed by atoms with Crippen LogP contribution in [0.15, 0.2) is 0 Å². The molecule has 2 fully saturated rings. The second-order valence-electron chi connectivity index (χ2n) is 8.96. The number of halogens is 1. The van der Waals surface area contributed by atoms with E-state index >= 15 is 0 Å². The molecule has 0 aromatic carbocycles. The Morgan fingerprint density at radius 3 is 1.57 bits per heavy atom. The van der Waals surface area contributed by atoms with Crippen LogP contribution in [0.5, 0.6) is 0 Å². The number of hydrogen-bond donors (Lipinski definition) is 2. The summed E-state index contributed by atoms with van der Waals surface area (Å²) in [5.74, 6) is 0. The van der Waals surface area contributed by atoms with Crippen molar-refractivity contribution in [3.63, 3.8) is 0 Å². The lowest BCUT2D eigenvalue weighted by atomic mass is 9.81. The fraction of sp³-hybridized carbons (Fsp3) is 0.905. The molecule has 0 aliphatic heterocycles. The van der Waals surface area contributed by atoms with Crippen molar-refractivity contribution >= 4 is 23.4 Å². The monoisotopic (exact) mass is 432 g/mol. The maximum absolute atomic E-state index is 12.0. The van der Waals surface area contributed by atoms with E-state index in [4.69, 9.17) is 11.0 Å². The first kappa shape index (κ1) is 29.5. The lowest BCUT2D eigenvalue weighted by molar-refractivity contribution is 0.321. The van der Waals surface area contributed by atoms with Crippen LogP contribution in [0.25, 0.3) is 0 Å². The summed E-state index contributed by atoms with van der Waals surface area (Å²) < 4.78 is 14.8. The van der Waals surface area contributed by atoms with Crippen molar-refractivity contribution < 1.29 is 4.21 Å². The van der Waals surface area contributed by atoms with Gasteiger partial charge < -0.3 is 5.73 Å². The van der Waals surface area contributed by atoms with E-state index < -0.39 is 11.0 Å². The molecule has 0 saturated heterocycles. The van der Waals surface area contributed by atoms with Crippen LogP contribution in [-0.2, 0) is 11.0 Å². The Morgan fingerprint density at radius 1 is 0.964 bits per heavy atom. The molecule has 7 heteroatoms.